The van der Waals surface area contributed by atoms with Crippen LogP contribution in [-0.4, -0.2) is 12.5 Å². The van der Waals surface area contributed by atoms with Gasteiger partial charge in [0.05, 0.1) is 5.92 Å². The number of amides is 1. The van der Waals surface area contributed by atoms with Crippen molar-refractivity contribution in [2.75, 3.05) is 11.9 Å². The molecule has 1 amide bonds. The Balaban J connectivity index is 2.73. The largest absolute Gasteiger partial charge is 0.330 e. The van der Waals surface area contributed by atoms with Gasteiger partial charge in [0.2, 0.25) is 5.91 Å². The summed E-state index contributed by atoms with van der Waals surface area (Å²) in [5.41, 5.74) is 6.22. The number of benzene rings is 1. The molecular formula is C13H18Cl2N2O. The van der Waals surface area contributed by atoms with Crippen molar-refractivity contribution in [1.82, 2.24) is 0 Å². The summed E-state index contributed by atoms with van der Waals surface area (Å²) in [6.45, 7) is 4.46. The molecule has 0 saturated carbocycles. The highest BCUT2D eigenvalue weighted by Crippen LogP contribution is 2.23. The second-order valence-electron chi connectivity index (χ2n) is 4.71. The smallest absolute Gasteiger partial charge is 0.228 e. The minimum absolute atomic E-state index is 0.0930. The summed E-state index contributed by atoms with van der Waals surface area (Å²) in [4.78, 5) is 12.0. The number of hydrogen-bond donors (Lipinski definition) is 2. The van der Waals surface area contributed by atoms with Gasteiger partial charge in [0, 0.05) is 22.3 Å². The highest BCUT2D eigenvalue weighted by Gasteiger charge is 2.18. The molecule has 1 aromatic rings. The normalized spacial score (nSPS) is 12.6. The van der Waals surface area contributed by atoms with Crippen LogP contribution in [0.3, 0.4) is 0 Å². The number of nitrogens with two attached hydrogens (primary N) is 1. The molecular weight excluding hydrogens is 271 g/mol. The molecule has 0 fully saturated rings. The van der Waals surface area contributed by atoms with Crippen molar-refractivity contribution in [3.05, 3.63) is 28.2 Å². The summed E-state index contributed by atoms with van der Waals surface area (Å²) in [5, 5.41) is 3.78. The molecule has 0 aromatic heterocycles. The van der Waals surface area contributed by atoms with E-state index in [0.29, 0.717) is 28.2 Å². The SMILES string of the molecule is CC(C)CC(CN)C(=O)Nc1cc(Cl)cc(Cl)c1. The van der Waals surface area contributed by atoms with E-state index in [0.717, 1.165) is 6.42 Å². The predicted octanol–water partition coefficient (Wildman–Crippen LogP) is 3.55. The quantitative estimate of drug-likeness (QED) is 0.871. The molecule has 1 unspecified atom stereocenters. The van der Waals surface area contributed by atoms with Gasteiger partial charge in [-0.05, 0) is 30.5 Å². The molecule has 5 heteroatoms. The molecule has 100 valence electrons. The lowest BCUT2D eigenvalue weighted by atomic mass is 9.96. The van der Waals surface area contributed by atoms with Gasteiger partial charge >= 0.3 is 0 Å². The molecule has 18 heavy (non-hydrogen) atoms. The average Bonchev–Trinajstić information content (AvgIpc) is 2.23. The molecule has 0 spiro atoms. The second-order valence-corrected chi connectivity index (χ2v) is 5.58. The van der Waals surface area contributed by atoms with E-state index < -0.39 is 0 Å². The second kappa shape index (κ2) is 6.98. The van der Waals surface area contributed by atoms with Crippen LogP contribution in [0.2, 0.25) is 10.0 Å². The topological polar surface area (TPSA) is 55.1 Å². The Morgan fingerprint density at radius 1 is 1.28 bits per heavy atom. The van der Waals surface area contributed by atoms with Gasteiger partial charge in [-0.3, -0.25) is 4.79 Å². The molecule has 3 N–H and O–H groups in total. The number of rotatable bonds is 5. The van der Waals surface area contributed by atoms with Gasteiger partial charge in [-0.25, -0.2) is 0 Å². The Kier molecular flexibility index (Phi) is 5.93. The fourth-order valence-electron chi connectivity index (χ4n) is 1.75. The monoisotopic (exact) mass is 288 g/mol. The summed E-state index contributed by atoms with van der Waals surface area (Å²) >= 11 is 11.7. The van der Waals surface area contributed by atoms with Crippen LogP contribution < -0.4 is 11.1 Å². The van der Waals surface area contributed by atoms with Crippen molar-refractivity contribution in [3.63, 3.8) is 0 Å². The summed E-state index contributed by atoms with van der Waals surface area (Å²) in [5.74, 6) is 0.138. The number of halogens is 2. The summed E-state index contributed by atoms with van der Waals surface area (Å²) in [6.07, 6.45) is 0.761. The van der Waals surface area contributed by atoms with Gasteiger partial charge in [0.15, 0.2) is 0 Å². The van der Waals surface area contributed by atoms with Gasteiger partial charge in [-0.2, -0.15) is 0 Å². The van der Waals surface area contributed by atoms with E-state index in [1.807, 2.05) is 0 Å². The van der Waals surface area contributed by atoms with Crippen molar-refractivity contribution in [1.29, 1.82) is 0 Å². The van der Waals surface area contributed by atoms with Crippen LogP contribution in [0.25, 0.3) is 0 Å². The highest BCUT2D eigenvalue weighted by atomic mass is 35.5. The van der Waals surface area contributed by atoms with E-state index in [4.69, 9.17) is 28.9 Å². The van der Waals surface area contributed by atoms with Crippen molar-refractivity contribution in [2.45, 2.75) is 20.3 Å². The molecule has 1 aromatic carbocycles. The summed E-state index contributed by atoms with van der Waals surface area (Å²) in [7, 11) is 0. The third kappa shape index (κ3) is 4.84. The first-order valence-corrected chi connectivity index (χ1v) is 6.65. The first kappa shape index (κ1) is 15.3. The number of nitrogens with one attached hydrogen (secondary N) is 1. The number of carbonyl (C=O) groups excluding carboxylic acids is 1. The molecule has 0 aliphatic rings. The average molecular weight is 289 g/mol. The standard InChI is InChI=1S/C13H18Cl2N2O/c1-8(2)3-9(7-16)13(18)17-12-5-10(14)4-11(15)6-12/h4-6,8-9H,3,7,16H2,1-2H3,(H,17,18). The molecule has 0 heterocycles. The zero-order chi connectivity index (χ0) is 13.7. The van der Waals surface area contributed by atoms with Crippen molar-refractivity contribution in [3.8, 4) is 0 Å². The fraction of sp³-hybridized carbons (Fsp3) is 0.462. The Hall–Kier alpha value is -0.770. The van der Waals surface area contributed by atoms with Crippen molar-refractivity contribution >= 4 is 34.8 Å². The van der Waals surface area contributed by atoms with Crippen LogP contribution >= 0.6 is 23.2 Å². The Labute approximate surface area is 118 Å². The van der Waals surface area contributed by atoms with Crippen LogP contribution in [0.15, 0.2) is 18.2 Å². The van der Waals surface area contributed by atoms with Gasteiger partial charge in [-0.1, -0.05) is 37.0 Å². The predicted molar refractivity (Wildman–Crippen MR) is 77.1 cm³/mol. The molecule has 3 nitrogen and oxygen atoms in total. The first-order chi connectivity index (χ1) is 8.42. The van der Waals surface area contributed by atoms with E-state index in [2.05, 4.69) is 19.2 Å². The molecule has 0 aliphatic carbocycles. The van der Waals surface area contributed by atoms with Crippen LogP contribution in [0.4, 0.5) is 5.69 Å². The maximum atomic E-state index is 12.0. The van der Waals surface area contributed by atoms with E-state index in [-0.39, 0.29) is 11.8 Å². The van der Waals surface area contributed by atoms with Gasteiger partial charge in [-0.15, -0.1) is 0 Å². The highest BCUT2D eigenvalue weighted by molar-refractivity contribution is 6.35. The van der Waals surface area contributed by atoms with Crippen molar-refractivity contribution < 1.29 is 4.79 Å². The number of anilines is 1. The minimum Gasteiger partial charge on any atom is -0.330 e. The molecule has 1 rings (SSSR count). The molecule has 0 radical (unpaired) electrons. The third-order valence-electron chi connectivity index (χ3n) is 2.54. The fourth-order valence-corrected chi connectivity index (χ4v) is 2.28. The minimum atomic E-state index is -0.192. The van der Waals surface area contributed by atoms with E-state index >= 15 is 0 Å². The lowest BCUT2D eigenvalue weighted by Crippen LogP contribution is -2.30. The maximum absolute atomic E-state index is 12.0. The summed E-state index contributed by atoms with van der Waals surface area (Å²) < 4.78 is 0. The lowest BCUT2D eigenvalue weighted by molar-refractivity contribution is -0.120. The Bertz CT molecular complexity index is 401. The zero-order valence-corrected chi connectivity index (χ0v) is 12.1. The van der Waals surface area contributed by atoms with Gasteiger partial charge in [0.1, 0.15) is 0 Å². The molecule has 0 saturated heterocycles. The maximum Gasteiger partial charge on any atom is 0.228 e. The lowest BCUT2D eigenvalue weighted by Gasteiger charge is -2.17. The van der Waals surface area contributed by atoms with Crippen LogP contribution in [0, 0.1) is 11.8 Å². The van der Waals surface area contributed by atoms with Crippen molar-refractivity contribution in [2.24, 2.45) is 17.6 Å². The third-order valence-corrected chi connectivity index (χ3v) is 2.98. The van der Waals surface area contributed by atoms with E-state index in [1.165, 1.54) is 0 Å². The summed E-state index contributed by atoms with van der Waals surface area (Å²) in [6, 6.07) is 4.94. The van der Waals surface area contributed by atoms with Crippen LogP contribution in [0.5, 0.6) is 0 Å². The van der Waals surface area contributed by atoms with Crippen LogP contribution in [0.1, 0.15) is 20.3 Å². The van der Waals surface area contributed by atoms with E-state index in [1.54, 1.807) is 18.2 Å². The van der Waals surface area contributed by atoms with Gasteiger partial charge < -0.3 is 11.1 Å². The van der Waals surface area contributed by atoms with Crippen LogP contribution in [-0.2, 0) is 4.79 Å². The first-order valence-electron chi connectivity index (χ1n) is 5.89. The Morgan fingerprint density at radius 2 is 1.83 bits per heavy atom. The molecule has 0 aliphatic heterocycles. The zero-order valence-electron chi connectivity index (χ0n) is 10.5. The molecule has 0 bridgehead atoms. The molecule has 1 atom stereocenters. The number of carbonyl (C=O) groups is 1. The Morgan fingerprint density at radius 3 is 2.28 bits per heavy atom. The van der Waals surface area contributed by atoms with Gasteiger partial charge in [0.25, 0.3) is 0 Å². The van der Waals surface area contributed by atoms with E-state index in [9.17, 15) is 4.79 Å². The number of hydrogen-bond acceptors (Lipinski definition) is 2.